The third-order valence-electron chi connectivity index (χ3n) is 4.06. The number of carbonyl (C=O) groups is 1. The summed E-state index contributed by atoms with van der Waals surface area (Å²) in [5, 5.41) is 12.4. The molecule has 1 amide bonds. The molecule has 1 heterocycles. The van der Waals surface area contributed by atoms with E-state index in [1.54, 1.807) is 0 Å². The van der Waals surface area contributed by atoms with Crippen molar-refractivity contribution in [1.82, 2.24) is 10.2 Å². The van der Waals surface area contributed by atoms with E-state index in [0.717, 1.165) is 24.8 Å². The molecule has 2 rings (SSSR count). The minimum atomic E-state index is 0.0288. The van der Waals surface area contributed by atoms with Gasteiger partial charge in [0.1, 0.15) is 0 Å². The minimum Gasteiger partial charge on any atom is -0.395 e. The van der Waals surface area contributed by atoms with Crippen LogP contribution in [0.15, 0.2) is 30.3 Å². The summed E-state index contributed by atoms with van der Waals surface area (Å²) in [5.74, 6) is 0.0288. The van der Waals surface area contributed by atoms with Gasteiger partial charge in [0.15, 0.2) is 0 Å². The van der Waals surface area contributed by atoms with Gasteiger partial charge in [-0.05, 0) is 25.3 Å². The second-order valence-corrected chi connectivity index (χ2v) is 5.55. The lowest BCUT2D eigenvalue weighted by Gasteiger charge is -2.39. The van der Waals surface area contributed by atoms with Crippen LogP contribution in [-0.4, -0.2) is 41.1 Å². The molecule has 1 aromatic carbocycles. The Morgan fingerprint density at radius 1 is 1.35 bits per heavy atom. The van der Waals surface area contributed by atoms with Gasteiger partial charge in [-0.3, -0.25) is 9.69 Å². The zero-order valence-electron chi connectivity index (χ0n) is 12.1. The van der Waals surface area contributed by atoms with Crippen molar-refractivity contribution in [2.75, 3.05) is 13.2 Å². The molecule has 1 saturated heterocycles. The first-order valence-electron chi connectivity index (χ1n) is 7.38. The summed E-state index contributed by atoms with van der Waals surface area (Å²) < 4.78 is 0. The fourth-order valence-electron chi connectivity index (χ4n) is 2.84. The molecular formula is C16H24N2O2. The molecule has 20 heavy (non-hydrogen) atoms. The third-order valence-corrected chi connectivity index (χ3v) is 4.06. The maximum Gasteiger partial charge on any atom is 0.234 e. The third kappa shape index (κ3) is 4.05. The highest BCUT2D eigenvalue weighted by Gasteiger charge is 2.28. The van der Waals surface area contributed by atoms with Gasteiger partial charge in [-0.1, -0.05) is 36.8 Å². The number of likely N-dealkylation sites (tertiary alicyclic amines) is 1. The van der Waals surface area contributed by atoms with E-state index < -0.39 is 0 Å². The van der Waals surface area contributed by atoms with Crippen LogP contribution in [0.2, 0.25) is 0 Å². The molecule has 0 bridgehead atoms. The van der Waals surface area contributed by atoms with Gasteiger partial charge < -0.3 is 10.4 Å². The Morgan fingerprint density at radius 2 is 2.10 bits per heavy atom. The Balaban J connectivity index is 1.83. The number of nitrogens with zero attached hydrogens (tertiary/aromatic N) is 1. The summed E-state index contributed by atoms with van der Waals surface area (Å²) >= 11 is 0. The van der Waals surface area contributed by atoms with Crippen molar-refractivity contribution in [3.8, 4) is 0 Å². The Bertz CT molecular complexity index is 422. The second-order valence-electron chi connectivity index (χ2n) is 5.55. The highest BCUT2D eigenvalue weighted by atomic mass is 16.3. The fraction of sp³-hybridized carbons (Fsp3) is 0.562. The number of benzene rings is 1. The number of amides is 1. The lowest BCUT2D eigenvalue weighted by Crippen LogP contribution is -2.51. The number of nitrogens with one attached hydrogen (secondary N) is 1. The maximum atomic E-state index is 12.1. The molecule has 4 heteroatoms. The Labute approximate surface area is 120 Å². The van der Waals surface area contributed by atoms with Crippen LogP contribution in [0.4, 0.5) is 0 Å². The van der Waals surface area contributed by atoms with Crippen molar-refractivity contribution in [2.45, 2.75) is 44.8 Å². The van der Waals surface area contributed by atoms with Crippen molar-refractivity contribution < 1.29 is 9.90 Å². The van der Waals surface area contributed by atoms with Crippen LogP contribution in [-0.2, 0) is 11.3 Å². The van der Waals surface area contributed by atoms with Gasteiger partial charge in [-0.25, -0.2) is 0 Å². The van der Waals surface area contributed by atoms with Crippen LogP contribution in [0, 0.1) is 0 Å². The van der Waals surface area contributed by atoms with E-state index in [2.05, 4.69) is 17.1 Å². The smallest absolute Gasteiger partial charge is 0.234 e. The van der Waals surface area contributed by atoms with Crippen LogP contribution in [0.3, 0.4) is 0 Å². The minimum absolute atomic E-state index is 0.0288. The highest BCUT2D eigenvalue weighted by Crippen LogP contribution is 2.21. The molecule has 110 valence electrons. The molecule has 2 N–H and O–H groups in total. The van der Waals surface area contributed by atoms with E-state index in [1.807, 2.05) is 30.3 Å². The van der Waals surface area contributed by atoms with Crippen LogP contribution in [0.5, 0.6) is 0 Å². The van der Waals surface area contributed by atoms with Crippen molar-refractivity contribution in [2.24, 2.45) is 0 Å². The summed E-state index contributed by atoms with van der Waals surface area (Å²) in [4.78, 5) is 14.2. The van der Waals surface area contributed by atoms with Gasteiger partial charge in [0.05, 0.1) is 13.2 Å². The van der Waals surface area contributed by atoms with E-state index in [0.29, 0.717) is 19.1 Å². The maximum absolute atomic E-state index is 12.1. The van der Waals surface area contributed by atoms with Crippen LogP contribution in [0.25, 0.3) is 0 Å². The molecule has 2 atom stereocenters. The zero-order chi connectivity index (χ0) is 14.4. The molecule has 1 aliphatic rings. The van der Waals surface area contributed by atoms with Gasteiger partial charge >= 0.3 is 0 Å². The lowest BCUT2D eigenvalue weighted by molar-refractivity contribution is -0.124. The first kappa shape index (κ1) is 15.0. The van der Waals surface area contributed by atoms with Gasteiger partial charge in [0.25, 0.3) is 0 Å². The lowest BCUT2D eigenvalue weighted by atomic mass is 9.97. The van der Waals surface area contributed by atoms with Gasteiger partial charge in [-0.2, -0.15) is 0 Å². The standard InChI is InChI=1S/C16H24N2O2/c1-13-6-5-9-15(12-19)18(13)11-16(20)17-10-14-7-3-2-4-8-14/h2-4,7-8,13,15,19H,5-6,9-12H2,1H3,(H,17,20). The van der Waals surface area contributed by atoms with Crippen molar-refractivity contribution >= 4 is 5.91 Å². The van der Waals surface area contributed by atoms with Crippen molar-refractivity contribution in [3.63, 3.8) is 0 Å². The fourth-order valence-corrected chi connectivity index (χ4v) is 2.84. The number of aliphatic hydroxyl groups excluding tert-OH is 1. The van der Waals surface area contributed by atoms with Crippen LogP contribution >= 0.6 is 0 Å². The molecule has 0 radical (unpaired) electrons. The summed E-state index contributed by atoms with van der Waals surface area (Å²) in [6.07, 6.45) is 3.21. The average Bonchev–Trinajstić information content (AvgIpc) is 2.48. The molecule has 1 aromatic rings. The number of aliphatic hydroxyl groups is 1. The summed E-state index contributed by atoms with van der Waals surface area (Å²) in [6, 6.07) is 10.4. The molecule has 2 unspecified atom stereocenters. The predicted octanol–water partition coefficient (Wildman–Crippen LogP) is 1.54. The monoisotopic (exact) mass is 276 g/mol. The molecule has 1 aliphatic heterocycles. The SMILES string of the molecule is CC1CCCC(CO)N1CC(=O)NCc1ccccc1. The summed E-state index contributed by atoms with van der Waals surface area (Å²) in [7, 11) is 0. The number of carbonyl (C=O) groups excluding carboxylic acids is 1. The first-order valence-corrected chi connectivity index (χ1v) is 7.38. The van der Waals surface area contributed by atoms with Crippen molar-refractivity contribution in [1.29, 1.82) is 0 Å². The van der Waals surface area contributed by atoms with E-state index in [9.17, 15) is 9.90 Å². The molecule has 0 saturated carbocycles. The van der Waals surface area contributed by atoms with E-state index >= 15 is 0 Å². The molecule has 0 aliphatic carbocycles. The highest BCUT2D eigenvalue weighted by molar-refractivity contribution is 5.78. The molecular weight excluding hydrogens is 252 g/mol. The largest absolute Gasteiger partial charge is 0.395 e. The van der Waals surface area contributed by atoms with Gasteiger partial charge in [-0.15, -0.1) is 0 Å². The Kier molecular flexibility index (Phi) is 5.56. The normalized spacial score (nSPS) is 23.5. The molecule has 0 spiro atoms. The van der Waals surface area contributed by atoms with E-state index in [4.69, 9.17) is 0 Å². The Morgan fingerprint density at radius 3 is 2.80 bits per heavy atom. The summed E-state index contributed by atoms with van der Waals surface area (Å²) in [6.45, 7) is 3.20. The van der Waals surface area contributed by atoms with E-state index in [1.165, 1.54) is 0 Å². The Hall–Kier alpha value is -1.39. The van der Waals surface area contributed by atoms with Gasteiger partial charge in [0, 0.05) is 18.6 Å². The number of piperidine rings is 1. The topological polar surface area (TPSA) is 52.6 Å². The first-order chi connectivity index (χ1) is 9.70. The number of hydrogen-bond acceptors (Lipinski definition) is 3. The number of rotatable bonds is 5. The predicted molar refractivity (Wildman–Crippen MR) is 79.2 cm³/mol. The molecule has 4 nitrogen and oxygen atoms in total. The van der Waals surface area contributed by atoms with Crippen molar-refractivity contribution in [3.05, 3.63) is 35.9 Å². The zero-order valence-corrected chi connectivity index (χ0v) is 12.1. The number of hydrogen-bond donors (Lipinski definition) is 2. The quantitative estimate of drug-likeness (QED) is 0.857. The van der Waals surface area contributed by atoms with Crippen LogP contribution in [0.1, 0.15) is 31.7 Å². The van der Waals surface area contributed by atoms with Gasteiger partial charge in [0.2, 0.25) is 5.91 Å². The molecule has 1 fully saturated rings. The second kappa shape index (κ2) is 7.41. The van der Waals surface area contributed by atoms with E-state index in [-0.39, 0.29) is 18.6 Å². The average molecular weight is 276 g/mol. The summed E-state index contributed by atoms with van der Waals surface area (Å²) in [5.41, 5.74) is 1.10. The van der Waals surface area contributed by atoms with Crippen LogP contribution < -0.4 is 5.32 Å². The molecule has 0 aromatic heterocycles.